The average molecular weight is 248 g/mol. The molecule has 0 aliphatic rings. The van der Waals surface area contributed by atoms with Gasteiger partial charge in [0.25, 0.3) is 0 Å². The van der Waals surface area contributed by atoms with Crippen LogP contribution in [0, 0.1) is 0 Å². The standard InChI is InChI=1S/C15H24N2O/c1-3-4-5-6-7-15(18)17(2)14-10-8-13(12-16)9-11-14/h8-11H,3-7,12,16H2,1-2H3. The van der Waals surface area contributed by atoms with E-state index in [9.17, 15) is 4.79 Å². The summed E-state index contributed by atoms with van der Waals surface area (Å²) in [5.74, 6) is 0.187. The molecule has 0 fully saturated rings. The molecule has 1 amide bonds. The predicted octanol–water partition coefficient (Wildman–Crippen LogP) is 3.08. The lowest BCUT2D eigenvalue weighted by Gasteiger charge is -2.17. The largest absolute Gasteiger partial charge is 0.326 e. The zero-order valence-electron chi connectivity index (χ0n) is 11.5. The number of anilines is 1. The number of nitrogens with two attached hydrogens (primary N) is 1. The number of hydrogen-bond donors (Lipinski definition) is 1. The Bertz CT molecular complexity index is 359. The summed E-state index contributed by atoms with van der Waals surface area (Å²) in [7, 11) is 1.83. The summed E-state index contributed by atoms with van der Waals surface area (Å²) in [5, 5.41) is 0. The van der Waals surface area contributed by atoms with Gasteiger partial charge in [-0.2, -0.15) is 0 Å². The summed E-state index contributed by atoms with van der Waals surface area (Å²) in [6.07, 6.45) is 5.17. The van der Waals surface area contributed by atoms with Gasteiger partial charge in [-0.3, -0.25) is 4.79 Å². The number of rotatable bonds is 7. The van der Waals surface area contributed by atoms with E-state index in [2.05, 4.69) is 6.92 Å². The molecule has 1 aromatic carbocycles. The molecule has 0 spiro atoms. The van der Waals surface area contributed by atoms with Crippen molar-refractivity contribution >= 4 is 11.6 Å². The number of benzene rings is 1. The van der Waals surface area contributed by atoms with Crippen molar-refractivity contribution in [2.75, 3.05) is 11.9 Å². The molecule has 0 aliphatic heterocycles. The summed E-state index contributed by atoms with van der Waals surface area (Å²) >= 11 is 0. The van der Waals surface area contributed by atoms with Gasteiger partial charge in [-0.1, -0.05) is 38.3 Å². The molecule has 0 radical (unpaired) electrons. The Labute approximate surface area is 110 Å². The van der Waals surface area contributed by atoms with Gasteiger partial charge in [0.1, 0.15) is 0 Å². The summed E-state index contributed by atoms with van der Waals surface area (Å²) in [5.41, 5.74) is 7.57. The SMILES string of the molecule is CCCCCCC(=O)N(C)c1ccc(CN)cc1. The third-order valence-corrected chi connectivity index (χ3v) is 3.18. The van der Waals surface area contributed by atoms with Gasteiger partial charge in [0, 0.05) is 25.7 Å². The molecule has 100 valence electrons. The van der Waals surface area contributed by atoms with Crippen molar-refractivity contribution in [2.45, 2.75) is 45.6 Å². The van der Waals surface area contributed by atoms with Gasteiger partial charge in [-0.25, -0.2) is 0 Å². The lowest BCUT2D eigenvalue weighted by atomic mass is 10.1. The highest BCUT2D eigenvalue weighted by Crippen LogP contribution is 2.15. The van der Waals surface area contributed by atoms with E-state index >= 15 is 0 Å². The van der Waals surface area contributed by atoms with E-state index in [0.717, 1.165) is 24.1 Å². The summed E-state index contributed by atoms with van der Waals surface area (Å²) in [4.78, 5) is 13.7. The number of carbonyl (C=O) groups is 1. The molecule has 0 aromatic heterocycles. The number of amides is 1. The number of hydrogen-bond acceptors (Lipinski definition) is 2. The van der Waals surface area contributed by atoms with Gasteiger partial charge < -0.3 is 10.6 Å². The molecule has 0 aliphatic carbocycles. The molecule has 0 bridgehead atoms. The smallest absolute Gasteiger partial charge is 0.226 e. The van der Waals surface area contributed by atoms with Gasteiger partial charge in [-0.15, -0.1) is 0 Å². The molecule has 0 saturated carbocycles. The van der Waals surface area contributed by atoms with Crippen molar-refractivity contribution in [3.63, 3.8) is 0 Å². The summed E-state index contributed by atoms with van der Waals surface area (Å²) in [6.45, 7) is 2.71. The Morgan fingerprint density at radius 1 is 1.17 bits per heavy atom. The molecule has 2 N–H and O–H groups in total. The van der Waals surface area contributed by atoms with Crippen LogP contribution in [0.25, 0.3) is 0 Å². The second-order valence-corrected chi connectivity index (χ2v) is 4.63. The van der Waals surface area contributed by atoms with E-state index in [1.165, 1.54) is 12.8 Å². The minimum atomic E-state index is 0.187. The van der Waals surface area contributed by atoms with Crippen LogP contribution in [0.1, 0.15) is 44.6 Å². The van der Waals surface area contributed by atoms with Crippen molar-refractivity contribution in [3.05, 3.63) is 29.8 Å². The first-order valence-corrected chi connectivity index (χ1v) is 6.74. The molecule has 3 heteroatoms. The van der Waals surface area contributed by atoms with Crippen LogP contribution in [0.3, 0.4) is 0 Å². The van der Waals surface area contributed by atoms with Crippen molar-refractivity contribution in [3.8, 4) is 0 Å². The Morgan fingerprint density at radius 3 is 2.39 bits per heavy atom. The van der Waals surface area contributed by atoms with E-state index in [1.807, 2.05) is 31.3 Å². The maximum absolute atomic E-state index is 12.0. The fourth-order valence-electron chi connectivity index (χ4n) is 1.87. The number of unbranched alkanes of at least 4 members (excludes halogenated alkanes) is 3. The topological polar surface area (TPSA) is 46.3 Å². The van der Waals surface area contributed by atoms with Crippen molar-refractivity contribution in [1.29, 1.82) is 0 Å². The first-order valence-electron chi connectivity index (χ1n) is 6.74. The summed E-state index contributed by atoms with van der Waals surface area (Å²) in [6, 6.07) is 7.84. The van der Waals surface area contributed by atoms with Crippen LogP contribution < -0.4 is 10.6 Å². The Morgan fingerprint density at radius 2 is 1.83 bits per heavy atom. The van der Waals surface area contributed by atoms with Gasteiger partial charge >= 0.3 is 0 Å². The summed E-state index contributed by atoms with van der Waals surface area (Å²) < 4.78 is 0. The highest BCUT2D eigenvalue weighted by Gasteiger charge is 2.09. The van der Waals surface area contributed by atoms with E-state index in [-0.39, 0.29) is 5.91 Å². The van der Waals surface area contributed by atoms with Crippen LogP contribution in [-0.2, 0) is 11.3 Å². The Balaban J connectivity index is 2.46. The number of nitrogens with zero attached hydrogens (tertiary/aromatic N) is 1. The van der Waals surface area contributed by atoms with Crippen molar-refractivity contribution in [2.24, 2.45) is 5.73 Å². The molecular formula is C15H24N2O. The van der Waals surface area contributed by atoms with E-state index in [1.54, 1.807) is 4.90 Å². The molecular weight excluding hydrogens is 224 g/mol. The second kappa shape index (κ2) is 7.88. The highest BCUT2D eigenvalue weighted by atomic mass is 16.2. The zero-order chi connectivity index (χ0) is 13.4. The maximum Gasteiger partial charge on any atom is 0.226 e. The molecule has 18 heavy (non-hydrogen) atoms. The first-order chi connectivity index (χ1) is 8.69. The molecule has 0 atom stereocenters. The van der Waals surface area contributed by atoms with Crippen LogP contribution in [0.4, 0.5) is 5.69 Å². The monoisotopic (exact) mass is 248 g/mol. The van der Waals surface area contributed by atoms with E-state index in [0.29, 0.717) is 13.0 Å². The van der Waals surface area contributed by atoms with Crippen LogP contribution in [-0.4, -0.2) is 13.0 Å². The molecule has 1 aromatic rings. The molecule has 0 heterocycles. The van der Waals surface area contributed by atoms with E-state index < -0.39 is 0 Å². The first kappa shape index (κ1) is 14.7. The third-order valence-electron chi connectivity index (χ3n) is 3.18. The lowest BCUT2D eigenvalue weighted by molar-refractivity contribution is -0.118. The molecule has 0 saturated heterocycles. The van der Waals surface area contributed by atoms with Crippen molar-refractivity contribution < 1.29 is 4.79 Å². The van der Waals surface area contributed by atoms with Crippen LogP contribution >= 0.6 is 0 Å². The molecule has 3 nitrogen and oxygen atoms in total. The van der Waals surface area contributed by atoms with Gasteiger partial charge in [0.2, 0.25) is 5.91 Å². The quantitative estimate of drug-likeness (QED) is 0.754. The highest BCUT2D eigenvalue weighted by molar-refractivity contribution is 5.92. The second-order valence-electron chi connectivity index (χ2n) is 4.63. The Kier molecular flexibility index (Phi) is 6.44. The van der Waals surface area contributed by atoms with Gasteiger partial charge in [0.15, 0.2) is 0 Å². The third kappa shape index (κ3) is 4.49. The zero-order valence-corrected chi connectivity index (χ0v) is 11.5. The minimum absolute atomic E-state index is 0.187. The fraction of sp³-hybridized carbons (Fsp3) is 0.533. The van der Waals surface area contributed by atoms with Crippen LogP contribution in [0.15, 0.2) is 24.3 Å². The van der Waals surface area contributed by atoms with Crippen molar-refractivity contribution in [1.82, 2.24) is 0 Å². The van der Waals surface area contributed by atoms with Crippen LogP contribution in [0.5, 0.6) is 0 Å². The maximum atomic E-state index is 12.0. The van der Waals surface area contributed by atoms with Crippen LogP contribution in [0.2, 0.25) is 0 Å². The van der Waals surface area contributed by atoms with E-state index in [4.69, 9.17) is 5.73 Å². The number of carbonyl (C=O) groups excluding carboxylic acids is 1. The molecule has 0 unspecified atom stereocenters. The normalized spacial score (nSPS) is 10.4. The minimum Gasteiger partial charge on any atom is -0.326 e. The fourth-order valence-corrected chi connectivity index (χ4v) is 1.87. The van der Waals surface area contributed by atoms with Gasteiger partial charge in [0.05, 0.1) is 0 Å². The molecule has 1 rings (SSSR count). The average Bonchev–Trinajstić information content (AvgIpc) is 2.42. The predicted molar refractivity (Wildman–Crippen MR) is 76.5 cm³/mol. The Hall–Kier alpha value is -1.35. The van der Waals surface area contributed by atoms with Gasteiger partial charge in [-0.05, 0) is 24.1 Å². The lowest BCUT2D eigenvalue weighted by Crippen LogP contribution is -2.25.